The second-order valence-electron chi connectivity index (χ2n) is 7.63. The minimum absolute atomic E-state index is 0.0375. The minimum atomic E-state index is -1.21. The lowest BCUT2D eigenvalue weighted by Crippen LogP contribution is -2.56. The fourth-order valence-electron chi connectivity index (χ4n) is 3.20. The average Bonchev–Trinajstić information content (AvgIpc) is 2.68. The fraction of sp³-hybridized carbons (Fsp3) is 0.947. The second kappa shape index (κ2) is 13.7. The maximum atomic E-state index is 11.6. The Morgan fingerprint density at radius 2 is 1.97 bits per heavy atom. The van der Waals surface area contributed by atoms with Crippen molar-refractivity contribution < 1.29 is 34.3 Å². The molecule has 5 unspecified atom stereocenters. The number of rotatable bonds is 13. The highest BCUT2D eigenvalue weighted by atomic mass is 16.7. The van der Waals surface area contributed by atoms with Gasteiger partial charge in [0.25, 0.3) is 0 Å². The molecule has 0 amide bonds. The highest BCUT2D eigenvalue weighted by Crippen LogP contribution is 2.31. The highest BCUT2D eigenvalue weighted by molar-refractivity contribution is 5.69. The predicted molar refractivity (Wildman–Crippen MR) is 105 cm³/mol. The van der Waals surface area contributed by atoms with E-state index in [9.17, 15) is 20.1 Å². The van der Waals surface area contributed by atoms with Crippen molar-refractivity contribution in [2.24, 2.45) is 11.0 Å². The molecule has 0 spiro atoms. The number of carbonyl (C=O) groups excluding carboxylic acids is 1. The van der Waals surface area contributed by atoms with Gasteiger partial charge in [0.1, 0.15) is 6.10 Å². The summed E-state index contributed by atoms with van der Waals surface area (Å²) < 4.78 is 16.5. The third-order valence-electron chi connectivity index (χ3n) is 4.86. The maximum absolute atomic E-state index is 11.6. The molecule has 6 atom stereocenters. The van der Waals surface area contributed by atoms with Gasteiger partial charge in [-0.1, -0.05) is 24.9 Å². The minimum Gasteiger partial charge on any atom is -0.463 e. The van der Waals surface area contributed by atoms with E-state index >= 15 is 0 Å². The van der Waals surface area contributed by atoms with Gasteiger partial charge in [-0.25, -0.2) is 0 Å². The summed E-state index contributed by atoms with van der Waals surface area (Å²) in [5.74, 6) is -0.730. The maximum Gasteiger partial charge on any atom is 0.306 e. The third-order valence-corrected chi connectivity index (χ3v) is 4.86. The zero-order chi connectivity index (χ0) is 21.8. The van der Waals surface area contributed by atoms with Crippen LogP contribution in [0, 0.1) is 5.92 Å². The molecule has 10 heteroatoms. The van der Waals surface area contributed by atoms with Gasteiger partial charge >= 0.3 is 5.97 Å². The molecule has 1 saturated heterocycles. The van der Waals surface area contributed by atoms with Gasteiger partial charge in [0.15, 0.2) is 6.29 Å². The number of ether oxygens (including phenoxy) is 3. The fourth-order valence-corrected chi connectivity index (χ4v) is 3.20. The van der Waals surface area contributed by atoms with Gasteiger partial charge in [0.2, 0.25) is 0 Å². The van der Waals surface area contributed by atoms with Gasteiger partial charge in [-0.3, -0.25) is 4.79 Å². The molecule has 0 saturated carbocycles. The van der Waals surface area contributed by atoms with Gasteiger partial charge in [-0.2, -0.15) is 0 Å². The number of aliphatic hydroxyl groups excluding tert-OH is 3. The molecule has 0 aromatic heterocycles. The van der Waals surface area contributed by atoms with Gasteiger partial charge in [0, 0.05) is 17.3 Å². The van der Waals surface area contributed by atoms with Crippen molar-refractivity contribution in [3.8, 4) is 0 Å². The number of esters is 1. The molecular formula is C19H35N3O7. The first-order valence-electron chi connectivity index (χ1n) is 10.3. The largest absolute Gasteiger partial charge is 0.463 e. The monoisotopic (exact) mass is 417 g/mol. The first kappa shape index (κ1) is 25.6. The highest BCUT2D eigenvalue weighted by Gasteiger charge is 2.44. The summed E-state index contributed by atoms with van der Waals surface area (Å²) >= 11 is 0. The van der Waals surface area contributed by atoms with Crippen LogP contribution < -0.4 is 0 Å². The standard InChI is InChI=1S/C19H35N3O7/c1-4-13(23)11-27-19-14(8-6-5-7-9-16(24)28-12(2)3)17(25)18(26)15(29-19)10-21-22-20/h12-15,17-19,23,25-26H,4-11H2,1-3H3/t13?,14-,15?,17?,18?,19?/m1/s1. The number of nitrogens with zero attached hydrogens (tertiary/aromatic N) is 3. The van der Waals surface area contributed by atoms with Crippen LogP contribution in [0.3, 0.4) is 0 Å². The van der Waals surface area contributed by atoms with Crippen molar-refractivity contribution in [1.82, 2.24) is 0 Å². The quantitative estimate of drug-likeness (QED) is 0.136. The zero-order valence-corrected chi connectivity index (χ0v) is 17.5. The summed E-state index contributed by atoms with van der Waals surface area (Å²) in [5, 5.41) is 34.0. The molecule has 0 radical (unpaired) electrons. The van der Waals surface area contributed by atoms with E-state index in [1.807, 2.05) is 6.92 Å². The summed E-state index contributed by atoms with van der Waals surface area (Å²) in [5.41, 5.74) is 8.49. The van der Waals surface area contributed by atoms with Crippen LogP contribution in [0.15, 0.2) is 5.11 Å². The molecule has 10 nitrogen and oxygen atoms in total. The number of hydrogen-bond acceptors (Lipinski definition) is 8. The molecule has 1 fully saturated rings. The molecule has 1 aliphatic rings. The molecular weight excluding hydrogens is 382 g/mol. The van der Waals surface area contributed by atoms with Crippen LogP contribution >= 0.6 is 0 Å². The molecule has 1 heterocycles. The first-order chi connectivity index (χ1) is 13.8. The van der Waals surface area contributed by atoms with Gasteiger partial charge in [0.05, 0.1) is 37.6 Å². The van der Waals surface area contributed by atoms with E-state index in [0.29, 0.717) is 32.1 Å². The molecule has 0 aliphatic carbocycles. The van der Waals surface area contributed by atoms with E-state index in [-0.39, 0.29) is 25.2 Å². The number of unbranched alkanes of at least 4 members (excludes halogenated alkanes) is 2. The number of hydrogen-bond donors (Lipinski definition) is 3. The predicted octanol–water partition coefficient (Wildman–Crippen LogP) is 2.05. The van der Waals surface area contributed by atoms with Crippen molar-refractivity contribution in [1.29, 1.82) is 0 Å². The second-order valence-corrected chi connectivity index (χ2v) is 7.63. The lowest BCUT2D eigenvalue weighted by molar-refractivity contribution is -0.283. The normalized spacial score (nSPS) is 28.0. The zero-order valence-electron chi connectivity index (χ0n) is 17.5. The number of azide groups is 1. The Labute approximate surface area is 171 Å². The van der Waals surface area contributed by atoms with E-state index in [0.717, 1.165) is 6.42 Å². The lowest BCUT2D eigenvalue weighted by Gasteiger charge is -2.42. The van der Waals surface area contributed by atoms with E-state index < -0.39 is 36.6 Å². The van der Waals surface area contributed by atoms with Crippen molar-refractivity contribution in [2.75, 3.05) is 13.2 Å². The Bertz CT molecular complexity index is 528. The first-order valence-corrected chi connectivity index (χ1v) is 10.3. The van der Waals surface area contributed by atoms with Crippen LogP contribution in [0.1, 0.15) is 59.3 Å². The van der Waals surface area contributed by atoms with E-state index in [2.05, 4.69) is 10.0 Å². The van der Waals surface area contributed by atoms with Crippen LogP contribution in [-0.2, 0) is 19.0 Å². The van der Waals surface area contributed by atoms with Crippen LogP contribution in [0.5, 0.6) is 0 Å². The number of carbonyl (C=O) groups is 1. The van der Waals surface area contributed by atoms with Gasteiger partial charge in [-0.15, -0.1) is 0 Å². The molecule has 1 rings (SSSR count). The van der Waals surface area contributed by atoms with E-state index in [4.69, 9.17) is 19.7 Å². The smallest absolute Gasteiger partial charge is 0.306 e. The van der Waals surface area contributed by atoms with Crippen LogP contribution in [0.4, 0.5) is 0 Å². The summed E-state index contributed by atoms with van der Waals surface area (Å²) in [6.07, 6.45) is -1.36. The summed E-state index contributed by atoms with van der Waals surface area (Å²) in [6.45, 7) is 5.34. The van der Waals surface area contributed by atoms with Crippen LogP contribution in [0.2, 0.25) is 0 Å². The van der Waals surface area contributed by atoms with Crippen molar-refractivity contribution in [2.45, 2.75) is 96.1 Å². The van der Waals surface area contributed by atoms with Crippen molar-refractivity contribution >= 4 is 5.97 Å². The van der Waals surface area contributed by atoms with Crippen LogP contribution in [-0.4, -0.2) is 71.3 Å². The van der Waals surface area contributed by atoms with Gasteiger partial charge in [-0.05, 0) is 38.6 Å². The average molecular weight is 418 g/mol. The van der Waals surface area contributed by atoms with E-state index in [1.165, 1.54) is 0 Å². The summed E-state index contributed by atoms with van der Waals surface area (Å²) in [4.78, 5) is 14.2. The Morgan fingerprint density at radius 1 is 1.24 bits per heavy atom. The van der Waals surface area contributed by atoms with Crippen LogP contribution in [0.25, 0.3) is 10.4 Å². The molecule has 0 aromatic carbocycles. The molecule has 3 N–H and O–H groups in total. The van der Waals surface area contributed by atoms with Gasteiger partial charge < -0.3 is 29.5 Å². The van der Waals surface area contributed by atoms with E-state index in [1.54, 1.807) is 13.8 Å². The summed E-state index contributed by atoms with van der Waals surface area (Å²) in [7, 11) is 0. The topological polar surface area (TPSA) is 154 Å². The Morgan fingerprint density at radius 3 is 2.59 bits per heavy atom. The third kappa shape index (κ3) is 9.29. The lowest BCUT2D eigenvalue weighted by atomic mass is 9.86. The Kier molecular flexibility index (Phi) is 12.1. The Balaban J connectivity index is 2.59. The SMILES string of the molecule is CCC(O)COC1OC(CN=[N+]=[N-])C(O)C(O)[C@H]1CCCCCC(=O)OC(C)C. The van der Waals surface area contributed by atoms with Crippen molar-refractivity contribution in [3.05, 3.63) is 10.4 Å². The number of aliphatic hydroxyl groups is 3. The molecule has 0 bridgehead atoms. The molecule has 0 aromatic rings. The molecule has 29 heavy (non-hydrogen) atoms. The molecule has 168 valence electrons. The molecule has 1 aliphatic heterocycles. The van der Waals surface area contributed by atoms with Crippen molar-refractivity contribution in [3.63, 3.8) is 0 Å². The Hall–Kier alpha value is -1.42. The summed E-state index contributed by atoms with van der Waals surface area (Å²) in [6, 6.07) is 0.